The van der Waals surface area contributed by atoms with Crippen LogP contribution in [0.4, 0.5) is 14.4 Å². The van der Waals surface area contributed by atoms with Gasteiger partial charge in [-0.1, -0.05) is 19.7 Å². The Morgan fingerprint density at radius 1 is 0.465 bits per heavy atom. The van der Waals surface area contributed by atoms with E-state index in [1.807, 2.05) is 0 Å². The minimum atomic E-state index is -0.739. The fourth-order valence-corrected chi connectivity index (χ4v) is 2.55. The van der Waals surface area contributed by atoms with Gasteiger partial charge in [-0.15, -0.1) is 0 Å². The highest BCUT2D eigenvalue weighted by Gasteiger charge is 2.12. The molecule has 0 aliphatic rings. The summed E-state index contributed by atoms with van der Waals surface area (Å²) >= 11 is 0. The van der Waals surface area contributed by atoms with Crippen LogP contribution in [0.1, 0.15) is 20.8 Å². The monoisotopic (exact) mass is 614 g/mol. The molecule has 0 saturated carbocycles. The molecule has 0 rings (SSSR count). The van der Waals surface area contributed by atoms with E-state index in [0.29, 0.717) is 0 Å². The summed E-state index contributed by atoms with van der Waals surface area (Å²) in [5.74, 6) is -1.72. The second-order valence-corrected chi connectivity index (χ2v) is 8.78. The van der Waals surface area contributed by atoms with Crippen molar-refractivity contribution in [2.24, 2.45) is 0 Å². The number of carbonyl (C=O) groups excluding carboxylic acids is 6. The van der Waals surface area contributed by atoms with Gasteiger partial charge in [-0.05, 0) is 20.8 Å². The van der Waals surface area contributed by atoms with E-state index in [1.165, 1.54) is 20.8 Å². The standard InChI is InChI=1S/C27H42N4O12/c1-19(2)22(32)38-13-7-28-25(35)41-16-10-31(11-17-42-26(36)29-8-14-39-23(33)20(3)4)12-18-43-27(37)30-9-15-40-24(34)21(5)6/h1,3,5,7-18H2,2,4,6H3,(H,28,35)(H,29,36)(H,30,37). The molecule has 16 nitrogen and oxygen atoms in total. The van der Waals surface area contributed by atoms with Crippen LogP contribution in [0, 0.1) is 0 Å². The van der Waals surface area contributed by atoms with Gasteiger partial charge in [0.25, 0.3) is 0 Å². The maximum atomic E-state index is 11.9. The number of nitrogens with one attached hydrogen (secondary N) is 3. The maximum absolute atomic E-state index is 11.9. The van der Waals surface area contributed by atoms with E-state index in [1.54, 1.807) is 4.90 Å². The van der Waals surface area contributed by atoms with Gasteiger partial charge in [-0.3, -0.25) is 4.90 Å². The number of hydrogen-bond donors (Lipinski definition) is 3. The predicted octanol–water partition coefficient (Wildman–Crippen LogP) is 0.825. The largest absolute Gasteiger partial charge is 0.460 e. The molecule has 16 heteroatoms. The van der Waals surface area contributed by atoms with E-state index < -0.39 is 36.2 Å². The van der Waals surface area contributed by atoms with Gasteiger partial charge in [0.1, 0.15) is 39.6 Å². The first-order valence-corrected chi connectivity index (χ1v) is 13.3. The van der Waals surface area contributed by atoms with Crippen molar-refractivity contribution in [2.45, 2.75) is 20.8 Å². The summed E-state index contributed by atoms with van der Waals surface area (Å²) in [6.07, 6.45) is -2.22. The first-order valence-electron chi connectivity index (χ1n) is 13.3. The molecule has 0 aromatic rings. The Morgan fingerprint density at radius 3 is 0.953 bits per heavy atom. The molecule has 43 heavy (non-hydrogen) atoms. The molecule has 0 bridgehead atoms. The second kappa shape index (κ2) is 23.0. The minimum absolute atomic E-state index is 0.0340. The fraction of sp³-hybridized carbons (Fsp3) is 0.556. The van der Waals surface area contributed by atoms with Crippen LogP contribution in [0.5, 0.6) is 0 Å². The highest BCUT2D eigenvalue weighted by atomic mass is 16.6. The molecule has 0 aliphatic carbocycles. The number of carbonyl (C=O) groups is 6. The number of hydrogen-bond acceptors (Lipinski definition) is 13. The van der Waals surface area contributed by atoms with Gasteiger partial charge in [0.2, 0.25) is 0 Å². The lowest BCUT2D eigenvalue weighted by atomic mass is 10.4. The van der Waals surface area contributed by atoms with Crippen molar-refractivity contribution < 1.29 is 57.2 Å². The molecule has 3 amide bonds. The van der Waals surface area contributed by atoms with Crippen molar-refractivity contribution >= 4 is 36.2 Å². The van der Waals surface area contributed by atoms with Gasteiger partial charge >= 0.3 is 36.2 Å². The third-order valence-electron chi connectivity index (χ3n) is 4.78. The Kier molecular flexibility index (Phi) is 20.6. The van der Waals surface area contributed by atoms with E-state index >= 15 is 0 Å². The van der Waals surface area contributed by atoms with Crippen LogP contribution in [0.3, 0.4) is 0 Å². The summed E-state index contributed by atoms with van der Waals surface area (Å²) in [5, 5.41) is 7.28. The molecule has 3 N–H and O–H groups in total. The summed E-state index contributed by atoms with van der Waals surface area (Å²) in [6, 6.07) is 0. The summed E-state index contributed by atoms with van der Waals surface area (Å²) in [4.78, 5) is 71.4. The van der Waals surface area contributed by atoms with Crippen LogP contribution in [-0.2, 0) is 42.8 Å². The molecule has 242 valence electrons. The lowest BCUT2D eigenvalue weighted by Crippen LogP contribution is -2.38. The van der Waals surface area contributed by atoms with Crippen LogP contribution in [-0.4, -0.2) is 120 Å². The Labute approximate surface area is 250 Å². The quantitative estimate of drug-likeness (QED) is 0.0712. The number of esters is 3. The van der Waals surface area contributed by atoms with Crippen LogP contribution in [0.2, 0.25) is 0 Å². The Hall–Kier alpha value is -4.60. The van der Waals surface area contributed by atoms with Gasteiger partial charge in [-0.2, -0.15) is 0 Å². The lowest BCUT2D eigenvalue weighted by Gasteiger charge is -2.22. The maximum Gasteiger partial charge on any atom is 0.407 e. The second-order valence-electron chi connectivity index (χ2n) is 8.78. The summed E-state index contributed by atoms with van der Waals surface area (Å²) in [7, 11) is 0. The average molecular weight is 615 g/mol. The van der Waals surface area contributed by atoms with Crippen molar-refractivity contribution in [3.63, 3.8) is 0 Å². The molecule has 0 aromatic heterocycles. The normalized spacial score (nSPS) is 10.0. The smallest absolute Gasteiger partial charge is 0.407 e. The van der Waals surface area contributed by atoms with E-state index in [4.69, 9.17) is 28.4 Å². The molecular weight excluding hydrogens is 572 g/mol. The average Bonchev–Trinajstić information content (AvgIpc) is 2.94. The van der Waals surface area contributed by atoms with Crippen LogP contribution < -0.4 is 16.0 Å². The minimum Gasteiger partial charge on any atom is -0.460 e. The zero-order valence-corrected chi connectivity index (χ0v) is 25.0. The SMILES string of the molecule is C=C(C)C(=O)OCCNC(=O)OCCN(CCOC(=O)NCCOC(=O)C(=C)C)CCOC(=O)NCCOC(=O)C(=C)C. The molecule has 0 heterocycles. The van der Waals surface area contributed by atoms with E-state index in [9.17, 15) is 28.8 Å². The summed E-state index contributed by atoms with van der Waals surface area (Å²) < 4.78 is 29.9. The van der Waals surface area contributed by atoms with Gasteiger partial charge in [0, 0.05) is 36.4 Å². The highest BCUT2D eigenvalue weighted by molar-refractivity contribution is 5.87. The summed E-state index contributed by atoms with van der Waals surface area (Å²) in [6.45, 7) is 15.2. The Morgan fingerprint density at radius 2 is 0.721 bits per heavy atom. The fourth-order valence-electron chi connectivity index (χ4n) is 2.55. The van der Waals surface area contributed by atoms with Crippen molar-refractivity contribution in [1.29, 1.82) is 0 Å². The molecule has 0 unspecified atom stereocenters. The zero-order valence-electron chi connectivity index (χ0n) is 25.0. The van der Waals surface area contributed by atoms with Crippen molar-refractivity contribution in [3.05, 3.63) is 36.5 Å². The molecule has 0 spiro atoms. The third-order valence-corrected chi connectivity index (χ3v) is 4.78. The van der Waals surface area contributed by atoms with Crippen LogP contribution in [0.15, 0.2) is 36.5 Å². The first kappa shape index (κ1) is 38.4. The number of ether oxygens (including phenoxy) is 6. The molecule has 0 aromatic carbocycles. The predicted molar refractivity (Wildman–Crippen MR) is 152 cm³/mol. The van der Waals surface area contributed by atoms with Crippen LogP contribution in [0.25, 0.3) is 0 Å². The highest BCUT2D eigenvalue weighted by Crippen LogP contribution is 1.95. The molecule has 0 radical (unpaired) electrons. The summed E-state index contributed by atoms with van der Waals surface area (Å²) in [5.41, 5.74) is 0.705. The van der Waals surface area contributed by atoms with Gasteiger partial charge in [-0.25, -0.2) is 28.8 Å². The third kappa shape index (κ3) is 21.8. The molecule has 0 aliphatic heterocycles. The van der Waals surface area contributed by atoms with Crippen molar-refractivity contribution in [1.82, 2.24) is 20.9 Å². The van der Waals surface area contributed by atoms with E-state index in [2.05, 4.69) is 35.7 Å². The lowest BCUT2D eigenvalue weighted by molar-refractivity contribution is -0.139. The zero-order chi connectivity index (χ0) is 32.6. The number of nitrogens with zero attached hydrogens (tertiary/aromatic N) is 1. The molecule has 0 saturated heterocycles. The molecular formula is C27H42N4O12. The number of amides is 3. The molecule has 0 atom stereocenters. The van der Waals surface area contributed by atoms with Gasteiger partial charge in [0.05, 0.1) is 19.6 Å². The van der Waals surface area contributed by atoms with E-state index in [-0.39, 0.29) is 95.6 Å². The van der Waals surface area contributed by atoms with E-state index in [0.717, 1.165) is 0 Å². The Balaban J connectivity index is 4.53. The first-order chi connectivity index (χ1) is 20.3. The number of rotatable bonds is 21. The Bertz CT molecular complexity index is 875. The van der Waals surface area contributed by atoms with Crippen LogP contribution >= 0.6 is 0 Å². The topological polar surface area (TPSA) is 197 Å². The van der Waals surface area contributed by atoms with Crippen molar-refractivity contribution in [2.75, 3.05) is 78.9 Å². The molecule has 0 fully saturated rings. The van der Waals surface area contributed by atoms with Gasteiger partial charge in [0.15, 0.2) is 0 Å². The van der Waals surface area contributed by atoms with Gasteiger partial charge < -0.3 is 44.4 Å². The van der Waals surface area contributed by atoms with Crippen molar-refractivity contribution in [3.8, 4) is 0 Å². The number of alkyl carbamates (subject to hydrolysis) is 3.